The van der Waals surface area contributed by atoms with Crippen LogP contribution in [0.5, 0.6) is 0 Å². The molecule has 0 fully saturated rings. The fourth-order valence-electron chi connectivity index (χ4n) is 2.77. The summed E-state index contributed by atoms with van der Waals surface area (Å²) in [6.45, 7) is 3.48. The predicted molar refractivity (Wildman–Crippen MR) is 115 cm³/mol. The third-order valence-electron chi connectivity index (χ3n) is 4.48. The zero-order chi connectivity index (χ0) is 22.6. The first-order valence-corrected chi connectivity index (χ1v) is 10.1. The van der Waals surface area contributed by atoms with Gasteiger partial charge in [0.1, 0.15) is 5.82 Å². The summed E-state index contributed by atoms with van der Waals surface area (Å²) in [7, 11) is 1.80. The molecule has 0 aliphatic heterocycles. The van der Waals surface area contributed by atoms with E-state index in [0.717, 1.165) is 22.7 Å². The van der Waals surface area contributed by atoms with E-state index in [1.54, 1.807) is 31.1 Å². The van der Waals surface area contributed by atoms with Crippen molar-refractivity contribution in [2.24, 2.45) is 0 Å². The third kappa shape index (κ3) is 5.86. The zero-order valence-corrected chi connectivity index (χ0v) is 17.9. The summed E-state index contributed by atoms with van der Waals surface area (Å²) in [5.74, 6) is 0.0351. The fourth-order valence-corrected chi connectivity index (χ4v) is 3.32. The Bertz CT molecular complexity index is 1070. The number of benzene rings is 1. The van der Waals surface area contributed by atoms with E-state index in [9.17, 15) is 17.6 Å². The van der Waals surface area contributed by atoms with Gasteiger partial charge in [-0.1, -0.05) is 0 Å². The number of hydrogen-bond acceptors (Lipinski definition) is 5. The molecule has 0 radical (unpaired) electrons. The second-order valence-corrected chi connectivity index (χ2v) is 7.90. The third-order valence-corrected chi connectivity index (χ3v) is 5.18. The van der Waals surface area contributed by atoms with Crippen LogP contribution in [0.1, 0.15) is 19.4 Å². The molecule has 0 atom stereocenters. The number of halogens is 4. The lowest BCUT2D eigenvalue weighted by Crippen LogP contribution is -2.06. The second kappa shape index (κ2) is 9.52. The number of nitrogens with zero attached hydrogens (tertiary/aromatic N) is 3. The van der Waals surface area contributed by atoms with Gasteiger partial charge in [0.15, 0.2) is 0 Å². The molecule has 0 aliphatic carbocycles. The van der Waals surface area contributed by atoms with Crippen LogP contribution in [0.15, 0.2) is 65.3 Å². The van der Waals surface area contributed by atoms with Crippen molar-refractivity contribution in [2.75, 3.05) is 12.4 Å². The summed E-state index contributed by atoms with van der Waals surface area (Å²) in [6, 6.07) is 7.84. The molecule has 3 aromatic rings. The smallest absolute Gasteiger partial charge is 0.340 e. The van der Waals surface area contributed by atoms with Gasteiger partial charge in [-0.2, -0.15) is 13.2 Å². The molecular weight excluding hydrogens is 430 g/mol. The first-order valence-electron chi connectivity index (χ1n) is 9.29. The van der Waals surface area contributed by atoms with Crippen LogP contribution in [-0.4, -0.2) is 21.6 Å². The van der Waals surface area contributed by atoms with Crippen LogP contribution in [-0.2, 0) is 12.7 Å². The first kappa shape index (κ1) is 22.8. The van der Waals surface area contributed by atoms with E-state index < -0.39 is 11.7 Å². The Balaban J connectivity index is 1.93. The minimum atomic E-state index is -4.44. The van der Waals surface area contributed by atoms with Crippen molar-refractivity contribution in [2.45, 2.75) is 31.5 Å². The van der Waals surface area contributed by atoms with Crippen molar-refractivity contribution < 1.29 is 17.6 Å². The van der Waals surface area contributed by atoms with Gasteiger partial charge in [-0.3, -0.25) is 4.72 Å². The van der Waals surface area contributed by atoms with Gasteiger partial charge in [-0.25, -0.2) is 14.4 Å². The minimum absolute atomic E-state index is 0.238. The summed E-state index contributed by atoms with van der Waals surface area (Å²) in [5.41, 5.74) is 1.78. The Kier molecular flexibility index (Phi) is 7.01. The normalized spacial score (nSPS) is 12.6. The van der Waals surface area contributed by atoms with Crippen LogP contribution in [0, 0.1) is 0 Å². The maximum atomic E-state index is 13.4. The number of rotatable bonds is 7. The van der Waals surface area contributed by atoms with Gasteiger partial charge in [0.05, 0.1) is 23.4 Å². The van der Waals surface area contributed by atoms with Gasteiger partial charge in [0, 0.05) is 35.1 Å². The second-order valence-electron chi connectivity index (χ2n) is 6.81. The molecule has 0 amide bonds. The van der Waals surface area contributed by atoms with Crippen molar-refractivity contribution in [3.63, 3.8) is 0 Å². The number of allylic oxidation sites excluding steroid dienone is 2. The molecular formula is C21H21F4N5S. The number of nitrogens with one attached hydrogen (secondary N) is 2. The topological polar surface area (TPSA) is 54.8 Å². The number of pyridine rings is 1. The van der Waals surface area contributed by atoms with Gasteiger partial charge in [0.2, 0.25) is 0 Å². The molecule has 31 heavy (non-hydrogen) atoms. The number of aromatic nitrogens is 3. The lowest BCUT2D eigenvalue weighted by Gasteiger charge is -2.13. The molecule has 3 rings (SSSR count). The van der Waals surface area contributed by atoms with E-state index in [4.69, 9.17) is 0 Å². The highest BCUT2D eigenvalue weighted by Gasteiger charge is 2.30. The lowest BCUT2D eigenvalue weighted by molar-refractivity contribution is -0.137. The van der Waals surface area contributed by atoms with Gasteiger partial charge >= 0.3 is 6.18 Å². The van der Waals surface area contributed by atoms with E-state index >= 15 is 0 Å². The van der Waals surface area contributed by atoms with Crippen molar-refractivity contribution in [1.82, 2.24) is 19.3 Å². The predicted octanol–water partition coefficient (Wildman–Crippen LogP) is 6.20. The molecule has 0 spiro atoms. The SMILES string of the molecule is CNSc1ccc(Nc2ccc(C(F)(F)F)cn2)c(-c2cn(C/C(C)=C(/C)F)cn2)c1. The number of hydrogen-bond donors (Lipinski definition) is 2. The molecule has 2 heterocycles. The van der Waals surface area contributed by atoms with Crippen molar-refractivity contribution in [3.05, 3.63) is 66.0 Å². The van der Waals surface area contributed by atoms with Crippen LogP contribution >= 0.6 is 11.9 Å². The van der Waals surface area contributed by atoms with Gasteiger partial charge in [-0.05, 0) is 68.7 Å². The van der Waals surface area contributed by atoms with Crippen molar-refractivity contribution >= 4 is 23.5 Å². The highest BCUT2D eigenvalue weighted by Crippen LogP contribution is 2.34. The van der Waals surface area contributed by atoms with Crippen molar-refractivity contribution in [1.29, 1.82) is 0 Å². The summed E-state index contributed by atoms with van der Waals surface area (Å²) in [6.07, 6.45) is -0.253. The lowest BCUT2D eigenvalue weighted by atomic mass is 10.1. The average Bonchev–Trinajstić information content (AvgIpc) is 3.17. The van der Waals surface area contributed by atoms with Crippen LogP contribution in [0.2, 0.25) is 0 Å². The average molecular weight is 451 g/mol. The Hall–Kier alpha value is -2.85. The van der Waals surface area contributed by atoms with Crippen LogP contribution in [0.4, 0.5) is 29.1 Å². The van der Waals surface area contributed by atoms with E-state index in [2.05, 4.69) is 20.0 Å². The zero-order valence-electron chi connectivity index (χ0n) is 17.1. The van der Waals surface area contributed by atoms with Gasteiger partial charge in [0.25, 0.3) is 0 Å². The fraction of sp³-hybridized carbons (Fsp3) is 0.238. The standard InChI is InChI=1S/C21H21F4N5S/c1-13(14(2)22)10-30-11-19(28-12-30)17-8-16(31-26-3)5-6-18(17)29-20-7-4-15(9-27-20)21(23,24)25/h4-9,11-12,26H,10H2,1-3H3,(H,27,29)/b14-13-. The maximum absolute atomic E-state index is 13.4. The highest BCUT2D eigenvalue weighted by atomic mass is 32.2. The molecule has 0 unspecified atom stereocenters. The molecule has 2 N–H and O–H groups in total. The summed E-state index contributed by atoms with van der Waals surface area (Å²) >= 11 is 1.42. The Morgan fingerprint density at radius 3 is 2.52 bits per heavy atom. The summed E-state index contributed by atoms with van der Waals surface area (Å²) in [5, 5.41) is 3.06. The molecule has 0 bridgehead atoms. The molecule has 5 nitrogen and oxygen atoms in total. The number of imidazole rings is 1. The van der Waals surface area contributed by atoms with E-state index in [1.807, 2.05) is 18.2 Å². The molecule has 0 saturated heterocycles. The Labute approximate surface area is 181 Å². The monoisotopic (exact) mass is 451 g/mol. The first-order chi connectivity index (χ1) is 14.7. The Morgan fingerprint density at radius 1 is 1.13 bits per heavy atom. The summed E-state index contributed by atoms with van der Waals surface area (Å²) < 4.78 is 56.5. The summed E-state index contributed by atoms with van der Waals surface area (Å²) in [4.78, 5) is 9.23. The van der Waals surface area contributed by atoms with Crippen LogP contribution in [0.3, 0.4) is 0 Å². The van der Waals surface area contributed by atoms with Crippen molar-refractivity contribution in [3.8, 4) is 11.3 Å². The van der Waals surface area contributed by atoms with Crippen LogP contribution in [0.25, 0.3) is 11.3 Å². The molecule has 0 aliphatic rings. The Morgan fingerprint density at radius 2 is 1.90 bits per heavy atom. The van der Waals surface area contributed by atoms with E-state index in [-0.39, 0.29) is 11.6 Å². The minimum Gasteiger partial charge on any atom is -0.340 e. The molecule has 10 heteroatoms. The number of alkyl halides is 3. The van der Waals surface area contributed by atoms with Crippen LogP contribution < -0.4 is 10.0 Å². The van der Waals surface area contributed by atoms with E-state index in [0.29, 0.717) is 23.5 Å². The molecule has 0 saturated carbocycles. The number of anilines is 2. The highest BCUT2D eigenvalue weighted by molar-refractivity contribution is 7.97. The van der Waals surface area contributed by atoms with E-state index in [1.165, 1.54) is 24.9 Å². The molecule has 1 aromatic carbocycles. The maximum Gasteiger partial charge on any atom is 0.417 e. The quantitative estimate of drug-likeness (QED) is 0.331. The molecule has 2 aromatic heterocycles. The van der Waals surface area contributed by atoms with Gasteiger partial charge < -0.3 is 9.88 Å². The largest absolute Gasteiger partial charge is 0.417 e. The van der Waals surface area contributed by atoms with Gasteiger partial charge in [-0.15, -0.1) is 0 Å². The molecule has 164 valence electrons.